The van der Waals surface area contributed by atoms with E-state index in [1.54, 1.807) is 24.3 Å². The van der Waals surface area contributed by atoms with Gasteiger partial charge < -0.3 is 4.74 Å². The van der Waals surface area contributed by atoms with Crippen LogP contribution in [-0.2, 0) is 16.6 Å². The molecular weight excluding hydrogens is 361 g/mol. The third kappa shape index (κ3) is 4.03. The van der Waals surface area contributed by atoms with Crippen LogP contribution in [0.25, 0.3) is 5.69 Å². The Morgan fingerprint density at radius 2 is 1.81 bits per heavy atom. The van der Waals surface area contributed by atoms with Gasteiger partial charge in [-0.15, -0.1) is 5.10 Å². The van der Waals surface area contributed by atoms with E-state index in [9.17, 15) is 12.8 Å². The summed E-state index contributed by atoms with van der Waals surface area (Å²) in [6.45, 7) is 2.32. The number of nitrogens with one attached hydrogen (secondary N) is 1. The smallest absolute Gasteiger partial charge is 0.240 e. The molecule has 0 spiro atoms. The minimum absolute atomic E-state index is 0.0426. The fourth-order valence-electron chi connectivity index (χ4n) is 2.22. The lowest BCUT2D eigenvalue weighted by Gasteiger charge is -2.08. The molecule has 10 heteroatoms. The Bertz CT molecular complexity index is 972. The quantitative estimate of drug-likeness (QED) is 0.673. The van der Waals surface area contributed by atoms with Crippen molar-refractivity contribution >= 4 is 10.0 Å². The van der Waals surface area contributed by atoms with Gasteiger partial charge in [-0.05, 0) is 65.9 Å². The normalized spacial score (nSPS) is 11.5. The van der Waals surface area contributed by atoms with E-state index in [0.717, 1.165) is 12.1 Å². The molecule has 0 saturated heterocycles. The Labute approximate surface area is 149 Å². The first-order valence-corrected chi connectivity index (χ1v) is 9.23. The van der Waals surface area contributed by atoms with Gasteiger partial charge in [-0.2, -0.15) is 4.68 Å². The summed E-state index contributed by atoms with van der Waals surface area (Å²) in [5, 5.41) is 11.3. The fourth-order valence-corrected chi connectivity index (χ4v) is 3.20. The summed E-state index contributed by atoms with van der Waals surface area (Å²) in [6, 6.07) is 11.6. The third-order valence-electron chi connectivity index (χ3n) is 3.47. The minimum Gasteiger partial charge on any atom is -0.494 e. The number of tetrazole rings is 1. The number of sulfonamides is 1. The lowest BCUT2D eigenvalue weighted by molar-refractivity contribution is 0.340. The number of nitrogens with zero attached hydrogens (tertiary/aromatic N) is 4. The van der Waals surface area contributed by atoms with Crippen molar-refractivity contribution in [3.05, 3.63) is 60.2 Å². The Kier molecular flexibility index (Phi) is 5.24. The van der Waals surface area contributed by atoms with Crippen molar-refractivity contribution in [1.82, 2.24) is 24.9 Å². The Morgan fingerprint density at radius 3 is 2.46 bits per heavy atom. The molecule has 0 atom stereocenters. The zero-order chi connectivity index (χ0) is 18.6. The van der Waals surface area contributed by atoms with Gasteiger partial charge in [-0.1, -0.05) is 0 Å². The average Bonchev–Trinajstić information content (AvgIpc) is 3.10. The number of aromatic nitrogens is 4. The molecule has 1 heterocycles. The molecule has 0 aliphatic carbocycles. The van der Waals surface area contributed by atoms with E-state index < -0.39 is 15.8 Å². The summed E-state index contributed by atoms with van der Waals surface area (Å²) in [6.07, 6.45) is 0. The molecule has 3 aromatic rings. The van der Waals surface area contributed by atoms with E-state index in [0.29, 0.717) is 23.9 Å². The van der Waals surface area contributed by atoms with Crippen LogP contribution in [0, 0.1) is 5.82 Å². The predicted octanol–water partition coefficient (Wildman–Crippen LogP) is 1.68. The molecule has 0 aliphatic heterocycles. The van der Waals surface area contributed by atoms with Gasteiger partial charge in [0.1, 0.15) is 11.6 Å². The minimum atomic E-state index is -3.81. The van der Waals surface area contributed by atoms with Crippen molar-refractivity contribution in [3.63, 3.8) is 0 Å². The van der Waals surface area contributed by atoms with Crippen molar-refractivity contribution in [2.75, 3.05) is 6.61 Å². The van der Waals surface area contributed by atoms with E-state index in [2.05, 4.69) is 20.2 Å². The highest BCUT2D eigenvalue weighted by atomic mass is 32.2. The number of ether oxygens (including phenoxy) is 1. The Balaban J connectivity index is 1.75. The number of halogens is 1. The van der Waals surface area contributed by atoms with E-state index in [4.69, 9.17) is 4.74 Å². The van der Waals surface area contributed by atoms with Gasteiger partial charge in [0, 0.05) is 0 Å². The molecule has 1 N–H and O–H groups in total. The standard InChI is InChI=1S/C16H16FN5O3S/c1-2-25-14-7-5-13(6-8-14)22-16(19-20-21-22)11-18-26(23,24)15-9-3-12(17)4-10-15/h3-10,18H,2,11H2,1H3. The Morgan fingerprint density at radius 1 is 1.12 bits per heavy atom. The van der Waals surface area contributed by atoms with Crippen LogP contribution in [0.3, 0.4) is 0 Å². The molecule has 8 nitrogen and oxygen atoms in total. The van der Waals surface area contributed by atoms with Gasteiger partial charge >= 0.3 is 0 Å². The van der Waals surface area contributed by atoms with Gasteiger partial charge in [-0.3, -0.25) is 0 Å². The maximum Gasteiger partial charge on any atom is 0.240 e. The number of rotatable bonds is 7. The van der Waals surface area contributed by atoms with Crippen molar-refractivity contribution in [3.8, 4) is 11.4 Å². The molecule has 0 aliphatic rings. The molecular formula is C16H16FN5O3S. The molecule has 0 fully saturated rings. The van der Waals surface area contributed by atoms with E-state index in [-0.39, 0.29) is 11.4 Å². The van der Waals surface area contributed by atoms with Crippen LogP contribution in [-0.4, -0.2) is 35.2 Å². The molecule has 0 radical (unpaired) electrons. The summed E-state index contributed by atoms with van der Waals surface area (Å²) in [4.78, 5) is -0.0426. The fraction of sp³-hybridized carbons (Fsp3) is 0.188. The van der Waals surface area contributed by atoms with Crippen LogP contribution in [0.1, 0.15) is 12.7 Å². The van der Waals surface area contributed by atoms with Gasteiger partial charge in [0.2, 0.25) is 10.0 Å². The monoisotopic (exact) mass is 377 g/mol. The highest BCUT2D eigenvalue weighted by molar-refractivity contribution is 7.89. The van der Waals surface area contributed by atoms with Crippen LogP contribution in [0.5, 0.6) is 5.75 Å². The first-order chi connectivity index (χ1) is 12.5. The van der Waals surface area contributed by atoms with Crippen molar-refractivity contribution in [1.29, 1.82) is 0 Å². The number of benzene rings is 2. The van der Waals surface area contributed by atoms with Crippen LogP contribution < -0.4 is 9.46 Å². The van der Waals surface area contributed by atoms with Crippen LogP contribution in [0.2, 0.25) is 0 Å². The summed E-state index contributed by atoms with van der Waals surface area (Å²) < 4.78 is 46.7. The molecule has 2 aromatic carbocycles. The second-order valence-corrected chi connectivity index (χ2v) is 6.98. The second-order valence-electron chi connectivity index (χ2n) is 5.21. The zero-order valence-corrected chi connectivity index (χ0v) is 14.6. The molecule has 1 aromatic heterocycles. The molecule has 0 saturated carbocycles. The van der Waals surface area contributed by atoms with Gasteiger partial charge in [0.05, 0.1) is 23.7 Å². The highest BCUT2D eigenvalue weighted by Crippen LogP contribution is 2.16. The topological polar surface area (TPSA) is 99.0 Å². The second kappa shape index (κ2) is 7.58. The largest absolute Gasteiger partial charge is 0.494 e. The predicted molar refractivity (Wildman–Crippen MR) is 90.7 cm³/mol. The lowest BCUT2D eigenvalue weighted by atomic mass is 10.3. The highest BCUT2D eigenvalue weighted by Gasteiger charge is 2.16. The molecule has 26 heavy (non-hydrogen) atoms. The third-order valence-corrected chi connectivity index (χ3v) is 4.89. The summed E-state index contributed by atoms with van der Waals surface area (Å²) in [5.41, 5.74) is 0.662. The number of hydrogen-bond acceptors (Lipinski definition) is 6. The summed E-state index contributed by atoms with van der Waals surface area (Å²) >= 11 is 0. The maximum absolute atomic E-state index is 12.9. The van der Waals surface area contributed by atoms with Gasteiger partial charge in [-0.25, -0.2) is 17.5 Å². The average molecular weight is 377 g/mol. The van der Waals surface area contributed by atoms with E-state index in [1.165, 1.54) is 16.8 Å². The Hall–Kier alpha value is -2.85. The van der Waals surface area contributed by atoms with Crippen LogP contribution in [0.15, 0.2) is 53.4 Å². The van der Waals surface area contributed by atoms with Crippen LogP contribution >= 0.6 is 0 Å². The lowest BCUT2D eigenvalue weighted by Crippen LogP contribution is -2.25. The first-order valence-electron chi connectivity index (χ1n) is 7.75. The van der Waals surface area contributed by atoms with Gasteiger partial charge in [0.25, 0.3) is 0 Å². The van der Waals surface area contributed by atoms with E-state index in [1.807, 2.05) is 6.92 Å². The van der Waals surface area contributed by atoms with Gasteiger partial charge in [0.15, 0.2) is 5.82 Å². The van der Waals surface area contributed by atoms with Crippen LogP contribution in [0.4, 0.5) is 4.39 Å². The molecule has 0 amide bonds. The molecule has 3 rings (SSSR count). The number of hydrogen-bond donors (Lipinski definition) is 1. The molecule has 0 bridgehead atoms. The zero-order valence-electron chi connectivity index (χ0n) is 13.8. The van der Waals surface area contributed by atoms with Crippen molar-refractivity contribution in [2.45, 2.75) is 18.4 Å². The van der Waals surface area contributed by atoms with Crippen molar-refractivity contribution in [2.24, 2.45) is 0 Å². The molecule has 0 unspecified atom stereocenters. The summed E-state index contributed by atoms with van der Waals surface area (Å²) in [7, 11) is -3.81. The summed E-state index contributed by atoms with van der Waals surface area (Å²) in [5.74, 6) is 0.506. The SMILES string of the molecule is CCOc1ccc(-n2nnnc2CNS(=O)(=O)c2ccc(F)cc2)cc1. The first kappa shape index (κ1) is 18.0. The molecule has 136 valence electrons. The van der Waals surface area contributed by atoms with E-state index >= 15 is 0 Å². The van der Waals surface area contributed by atoms with Crippen molar-refractivity contribution < 1.29 is 17.5 Å². The maximum atomic E-state index is 12.9.